The molecule has 1 atom stereocenters. The molecule has 0 aromatic heterocycles. The normalized spacial score (nSPS) is 12.3. The van der Waals surface area contributed by atoms with E-state index < -0.39 is 5.97 Å². The first-order valence-corrected chi connectivity index (χ1v) is 8.27. The summed E-state index contributed by atoms with van der Waals surface area (Å²) < 4.78 is 0. The van der Waals surface area contributed by atoms with Crippen LogP contribution in [0.15, 0.2) is 48.5 Å². The van der Waals surface area contributed by atoms with Crippen LogP contribution in [0.5, 0.6) is 0 Å². The lowest BCUT2D eigenvalue weighted by Gasteiger charge is -2.31. The SMILES string of the molecule is CCC(CO)N(Cc1ccccc1C)Cc1ccccc1C(=O)O. The van der Waals surface area contributed by atoms with Crippen LogP contribution >= 0.6 is 0 Å². The van der Waals surface area contributed by atoms with E-state index >= 15 is 0 Å². The van der Waals surface area contributed by atoms with E-state index in [1.54, 1.807) is 12.1 Å². The molecule has 4 nitrogen and oxygen atoms in total. The zero-order chi connectivity index (χ0) is 17.5. The van der Waals surface area contributed by atoms with Crippen LogP contribution in [0.1, 0.15) is 40.4 Å². The van der Waals surface area contributed by atoms with E-state index in [4.69, 9.17) is 0 Å². The molecule has 0 amide bonds. The first-order chi connectivity index (χ1) is 11.6. The summed E-state index contributed by atoms with van der Waals surface area (Å²) >= 11 is 0. The number of carbonyl (C=O) groups is 1. The Hall–Kier alpha value is -2.17. The minimum absolute atomic E-state index is 0.00791. The summed E-state index contributed by atoms with van der Waals surface area (Å²) in [6.45, 7) is 5.33. The Labute approximate surface area is 143 Å². The molecule has 2 rings (SSSR count). The Balaban J connectivity index is 2.30. The second-order valence-corrected chi connectivity index (χ2v) is 6.04. The molecule has 128 valence electrons. The Morgan fingerprint density at radius 2 is 1.62 bits per heavy atom. The van der Waals surface area contributed by atoms with Crippen LogP contribution in [0.2, 0.25) is 0 Å². The van der Waals surface area contributed by atoms with Crippen LogP contribution in [0.4, 0.5) is 0 Å². The zero-order valence-electron chi connectivity index (χ0n) is 14.3. The number of carboxylic acid groups (broad SMARTS) is 1. The monoisotopic (exact) mass is 327 g/mol. The number of carboxylic acids is 1. The summed E-state index contributed by atoms with van der Waals surface area (Å²) in [5.74, 6) is -0.918. The molecule has 0 aliphatic heterocycles. The van der Waals surface area contributed by atoms with Gasteiger partial charge in [-0.25, -0.2) is 4.79 Å². The van der Waals surface area contributed by atoms with Gasteiger partial charge in [0.25, 0.3) is 0 Å². The van der Waals surface area contributed by atoms with Gasteiger partial charge in [0.1, 0.15) is 0 Å². The Morgan fingerprint density at radius 3 is 2.21 bits per heavy atom. The molecule has 1 unspecified atom stereocenters. The standard InChI is InChI=1S/C20H25NO3/c1-3-18(14-22)21(12-16-9-5-4-8-15(16)2)13-17-10-6-7-11-19(17)20(23)24/h4-11,18,22H,3,12-14H2,1-2H3,(H,23,24). The second kappa shape index (κ2) is 8.62. The minimum atomic E-state index is -0.918. The van der Waals surface area contributed by atoms with E-state index in [0.29, 0.717) is 18.7 Å². The predicted molar refractivity (Wildman–Crippen MR) is 95.0 cm³/mol. The Morgan fingerprint density at radius 1 is 1.04 bits per heavy atom. The van der Waals surface area contributed by atoms with Crippen LogP contribution in [-0.2, 0) is 13.1 Å². The van der Waals surface area contributed by atoms with Crippen molar-refractivity contribution >= 4 is 5.97 Å². The van der Waals surface area contributed by atoms with Gasteiger partial charge in [-0.1, -0.05) is 49.4 Å². The second-order valence-electron chi connectivity index (χ2n) is 6.04. The van der Waals surface area contributed by atoms with Gasteiger partial charge in [-0.3, -0.25) is 4.90 Å². The maximum Gasteiger partial charge on any atom is 0.336 e. The fraction of sp³-hybridized carbons (Fsp3) is 0.350. The fourth-order valence-corrected chi connectivity index (χ4v) is 2.91. The third kappa shape index (κ3) is 4.43. The summed E-state index contributed by atoms with van der Waals surface area (Å²) in [7, 11) is 0. The topological polar surface area (TPSA) is 60.8 Å². The summed E-state index contributed by atoms with van der Waals surface area (Å²) in [4.78, 5) is 13.6. The van der Waals surface area contributed by atoms with Gasteiger partial charge in [0, 0.05) is 19.1 Å². The summed E-state index contributed by atoms with van der Waals surface area (Å²) in [6.07, 6.45) is 0.803. The van der Waals surface area contributed by atoms with Crippen LogP contribution in [0, 0.1) is 6.92 Å². The van der Waals surface area contributed by atoms with Gasteiger partial charge in [-0.15, -0.1) is 0 Å². The van der Waals surface area contributed by atoms with E-state index in [0.717, 1.165) is 12.0 Å². The summed E-state index contributed by atoms with van der Waals surface area (Å²) in [6, 6.07) is 15.2. The molecular weight excluding hydrogens is 302 g/mol. The quantitative estimate of drug-likeness (QED) is 0.779. The van der Waals surface area contributed by atoms with E-state index in [1.807, 2.05) is 31.2 Å². The highest BCUT2D eigenvalue weighted by atomic mass is 16.4. The minimum Gasteiger partial charge on any atom is -0.478 e. The maximum absolute atomic E-state index is 11.5. The molecule has 2 aromatic carbocycles. The van der Waals surface area contributed by atoms with Crippen molar-refractivity contribution in [2.24, 2.45) is 0 Å². The van der Waals surface area contributed by atoms with Crippen molar-refractivity contribution in [3.8, 4) is 0 Å². The van der Waals surface area contributed by atoms with E-state index in [-0.39, 0.29) is 12.6 Å². The first-order valence-electron chi connectivity index (χ1n) is 8.27. The van der Waals surface area contributed by atoms with Crippen LogP contribution in [0.3, 0.4) is 0 Å². The molecule has 0 aliphatic rings. The molecule has 0 aliphatic carbocycles. The molecule has 24 heavy (non-hydrogen) atoms. The van der Waals surface area contributed by atoms with E-state index in [1.165, 1.54) is 11.1 Å². The van der Waals surface area contributed by atoms with Gasteiger partial charge in [0.15, 0.2) is 0 Å². The van der Waals surface area contributed by atoms with Crippen molar-refractivity contribution in [1.29, 1.82) is 0 Å². The van der Waals surface area contributed by atoms with Gasteiger partial charge in [0.05, 0.1) is 12.2 Å². The van der Waals surface area contributed by atoms with Crippen LogP contribution in [-0.4, -0.2) is 33.7 Å². The summed E-state index contributed by atoms with van der Waals surface area (Å²) in [5.41, 5.74) is 3.48. The highest BCUT2D eigenvalue weighted by molar-refractivity contribution is 5.89. The lowest BCUT2D eigenvalue weighted by atomic mass is 10.0. The number of nitrogens with zero attached hydrogens (tertiary/aromatic N) is 1. The molecule has 0 bridgehead atoms. The Kier molecular flexibility index (Phi) is 6.53. The average molecular weight is 327 g/mol. The van der Waals surface area contributed by atoms with Crippen molar-refractivity contribution in [2.45, 2.75) is 39.4 Å². The number of hydrogen-bond donors (Lipinski definition) is 2. The number of aryl methyl sites for hydroxylation is 1. The number of aliphatic hydroxyl groups is 1. The average Bonchev–Trinajstić information content (AvgIpc) is 2.58. The molecular formula is C20H25NO3. The molecule has 2 aromatic rings. The van der Waals surface area contributed by atoms with Gasteiger partial charge in [0.2, 0.25) is 0 Å². The van der Waals surface area contributed by atoms with Crippen molar-refractivity contribution in [3.63, 3.8) is 0 Å². The lowest BCUT2D eigenvalue weighted by molar-refractivity contribution is 0.0691. The molecule has 2 N–H and O–H groups in total. The van der Waals surface area contributed by atoms with Gasteiger partial charge < -0.3 is 10.2 Å². The highest BCUT2D eigenvalue weighted by Crippen LogP contribution is 2.19. The van der Waals surface area contributed by atoms with Crippen molar-refractivity contribution < 1.29 is 15.0 Å². The largest absolute Gasteiger partial charge is 0.478 e. The molecule has 0 spiro atoms. The molecule has 4 heteroatoms. The third-order valence-electron chi connectivity index (χ3n) is 4.45. The van der Waals surface area contributed by atoms with Gasteiger partial charge in [-0.2, -0.15) is 0 Å². The Bertz CT molecular complexity index is 680. The predicted octanol–water partition coefficient (Wildman–Crippen LogP) is 3.47. The number of aromatic carboxylic acids is 1. The highest BCUT2D eigenvalue weighted by Gasteiger charge is 2.20. The van der Waals surface area contributed by atoms with Crippen LogP contribution < -0.4 is 0 Å². The molecule has 0 saturated carbocycles. The number of aliphatic hydroxyl groups excluding tert-OH is 1. The van der Waals surface area contributed by atoms with Crippen molar-refractivity contribution in [3.05, 3.63) is 70.8 Å². The molecule has 0 heterocycles. The van der Waals surface area contributed by atoms with Gasteiger partial charge >= 0.3 is 5.97 Å². The lowest BCUT2D eigenvalue weighted by Crippen LogP contribution is -2.37. The first kappa shape index (κ1) is 18.2. The number of rotatable bonds is 8. The maximum atomic E-state index is 11.5. The third-order valence-corrected chi connectivity index (χ3v) is 4.45. The molecule has 0 fully saturated rings. The number of benzene rings is 2. The fourth-order valence-electron chi connectivity index (χ4n) is 2.91. The smallest absolute Gasteiger partial charge is 0.336 e. The molecule has 0 radical (unpaired) electrons. The van der Waals surface area contributed by atoms with E-state index in [2.05, 4.69) is 24.0 Å². The van der Waals surface area contributed by atoms with Crippen molar-refractivity contribution in [1.82, 2.24) is 4.90 Å². The summed E-state index contributed by atoms with van der Waals surface area (Å²) in [5, 5.41) is 19.1. The molecule has 0 saturated heterocycles. The van der Waals surface area contributed by atoms with Crippen LogP contribution in [0.25, 0.3) is 0 Å². The van der Waals surface area contributed by atoms with E-state index in [9.17, 15) is 15.0 Å². The van der Waals surface area contributed by atoms with Crippen molar-refractivity contribution in [2.75, 3.05) is 6.61 Å². The zero-order valence-corrected chi connectivity index (χ0v) is 14.3. The van der Waals surface area contributed by atoms with Gasteiger partial charge in [-0.05, 0) is 36.1 Å². The number of hydrogen-bond acceptors (Lipinski definition) is 3.